The summed E-state index contributed by atoms with van der Waals surface area (Å²) in [5.74, 6) is -0.654. The number of carbonyl (C=O) groups excluding carboxylic acids is 1. The molecule has 5 heteroatoms. The summed E-state index contributed by atoms with van der Waals surface area (Å²) in [6.07, 6.45) is 0. The van der Waals surface area contributed by atoms with Crippen molar-refractivity contribution in [3.63, 3.8) is 0 Å². The fraction of sp³-hybridized carbons (Fsp3) is 0.417. The molecule has 1 aliphatic heterocycles. The summed E-state index contributed by atoms with van der Waals surface area (Å²) in [6, 6.07) is 3.94. The van der Waals surface area contributed by atoms with Gasteiger partial charge in [0, 0.05) is 24.2 Å². The third-order valence-corrected chi connectivity index (χ3v) is 3.35. The number of halogens is 2. The van der Waals surface area contributed by atoms with Crippen LogP contribution in [0.5, 0.6) is 0 Å². The normalized spacial score (nSPS) is 24.1. The minimum Gasteiger partial charge on any atom is -0.337 e. The third-order valence-electron chi connectivity index (χ3n) is 3.12. The summed E-state index contributed by atoms with van der Waals surface area (Å²) in [6.45, 7) is 3.00. The van der Waals surface area contributed by atoms with E-state index >= 15 is 0 Å². The van der Waals surface area contributed by atoms with Gasteiger partial charge in [-0.05, 0) is 24.1 Å². The maximum atomic E-state index is 13.5. The van der Waals surface area contributed by atoms with Gasteiger partial charge in [-0.25, -0.2) is 4.39 Å². The molecule has 3 nitrogen and oxygen atoms in total. The molecule has 1 heterocycles. The van der Waals surface area contributed by atoms with Gasteiger partial charge >= 0.3 is 0 Å². The SMILES string of the molecule is CC1CN(C(=O)c2cc(Cl)ccc2F)CC1N. The fourth-order valence-corrected chi connectivity index (χ4v) is 2.16. The molecule has 17 heavy (non-hydrogen) atoms. The lowest BCUT2D eigenvalue weighted by Crippen LogP contribution is -2.32. The van der Waals surface area contributed by atoms with Gasteiger partial charge in [-0.15, -0.1) is 0 Å². The van der Waals surface area contributed by atoms with E-state index in [0.717, 1.165) is 0 Å². The second-order valence-corrected chi connectivity index (χ2v) is 4.91. The highest BCUT2D eigenvalue weighted by molar-refractivity contribution is 6.31. The minimum atomic E-state index is -0.549. The van der Waals surface area contributed by atoms with Gasteiger partial charge < -0.3 is 10.6 Å². The lowest BCUT2D eigenvalue weighted by Gasteiger charge is -2.16. The van der Waals surface area contributed by atoms with Crippen LogP contribution in [0, 0.1) is 11.7 Å². The van der Waals surface area contributed by atoms with Crippen LogP contribution in [0.15, 0.2) is 18.2 Å². The molecule has 2 unspecified atom stereocenters. The standard InChI is InChI=1S/C12H14ClFN2O/c1-7-5-16(6-11(7)15)12(17)9-4-8(13)2-3-10(9)14/h2-4,7,11H,5-6,15H2,1H3. The molecule has 92 valence electrons. The van der Waals surface area contributed by atoms with Crippen LogP contribution in [-0.4, -0.2) is 29.9 Å². The van der Waals surface area contributed by atoms with Crippen molar-refractivity contribution in [3.8, 4) is 0 Å². The van der Waals surface area contributed by atoms with Gasteiger partial charge in [0.05, 0.1) is 5.56 Å². The summed E-state index contributed by atoms with van der Waals surface area (Å²) in [5, 5.41) is 0.353. The highest BCUT2D eigenvalue weighted by Gasteiger charge is 2.31. The van der Waals surface area contributed by atoms with Crippen LogP contribution in [0.25, 0.3) is 0 Å². The first-order valence-electron chi connectivity index (χ1n) is 5.49. The molecule has 2 rings (SSSR count). The van der Waals surface area contributed by atoms with Crippen molar-refractivity contribution in [2.75, 3.05) is 13.1 Å². The summed E-state index contributed by atoms with van der Waals surface area (Å²) in [5.41, 5.74) is 5.85. The van der Waals surface area contributed by atoms with Gasteiger partial charge in [-0.3, -0.25) is 4.79 Å². The Hall–Kier alpha value is -1.13. The lowest BCUT2D eigenvalue weighted by atomic mass is 10.1. The van der Waals surface area contributed by atoms with Gasteiger partial charge in [0.25, 0.3) is 5.91 Å². The molecule has 1 aliphatic rings. The van der Waals surface area contributed by atoms with E-state index in [1.54, 1.807) is 4.90 Å². The van der Waals surface area contributed by atoms with Crippen molar-refractivity contribution in [2.45, 2.75) is 13.0 Å². The minimum absolute atomic E-state index is 0.0128. The fourth-order valence-electron chi connectivity index (χ4n) is 1.99. The highest BCUT2D eigenvalue weighted by Crippen LogP contribution is 2.21. The second-order valence-electron chi connectivity index (χ2n) is 4.48. The van der Waals surface area contributed by atoms with Crippen molar-refractivity contribution in [3.05, 3.63) is 34.6 Å². The number of amides is 1. The van der Waals surface area contributed by atoms with E-state index in [1.807, 2.05) is 6.92 Å². The molecule has 0 aromatic heterocycles. The molecule has 0 spiro atoms. The molecule has 1 saturated heterocycles. The number of hydrogen-bond acceptors (Lipinski definition) is 2. The molecule has 2 N–H and O–H groups in total. The summed E-state index contributed by atoms with van der Waals surface area (Å²) in [4.78, 5) is 13.7. The Kier molecular flexibility index (Phi) is 3.35. The zero-order chi connectivity index (χ0) is 12.6. The largest absolute Gasteiger partial charge is 0.337 e. The molecule has 1 aromatic carbocycles. The van der Waals surface area contributed by atoms with Crippen LogP contribution in [0.4, 0.5) is 4.39 Å². The zero-order valence-electron chi connectivity index (χ0n) is 9.49. The van der Waals surface area contributed by atoms with Gasteiger partial charge in [-0.2, -0.15) is 0 Å². The Balaban J connectivity index is 2.23. The van der Waals surface area contributed by atoms with Gasteiger partial charge in [0.1, 0.15) is 5.82 Å². The maximum absolute atomic E-state index is 13.5. The Morgan fingerprint density at radius 3 is 2.82 bits per heavy atom. The van der Waals surface area contributed by atoms with Gasteiger partial charge in [-0.1, -0.05) is 18.5 Å². The van der Waals surface area contributed by atoms with Gasteiger partial charge in [0.2, 0.25) is 0 Å². The average Bonchev–Trinajstić information content (AvgIpc) is 2.62. The van der Waals surface area contributed by atoms with Crippen LogP contribution in [-0.2, 0) is 0 Å². The van der Waals surface area contributed by atoms with Gasteiger partial charge in [0.15, 0.2) is 0 Å². The smallest absolute Gasteiger partial charge is 0.256 e. The number of nitrogens with zero attached hydrogens (tertiary/aromatic N) is 1. The quantitative estimate of drug-likeness (QED) is 0.834. The van der Waals surface area contributed by atoms with E-state index in [9.17, 15) is 9.18 Å². The number of benzene rings is 1. The summed E-state index contributed by atoms with van der Waals surface area (Å²) < 4.78 is 13.5. The summed E-state index contributed by atoms with van der Waals surface area (Å²) >= 11 is 5.76. The van der Waals surface area contributed by atoms with E-state index in [0.29, 0.717) is 18.1 Å². The monoisotopic (exact) mass is 256 g/mol. The Morgan fingerprint density at radius 1 is 1.53 bits per heavy atom. The Morgan fingerprint density at radius 2 is 2.24 bits per heavy atom. The summed E-state index contributed by atoms with van der Waals surface area (Å²) in [7, 11) is 0. The molecular formula is C12H14ClFN2O. The number of rotatable bonds is 1. The number of likely N-dealkylation sites (tertiary alicyclic amines) is 1. The van der Waals surface area contributed by atoms with E-state index in [2.05, 4.69) is 0 Å². The third kappa shape index (κ3) is 2.42. The molecular weight excluding hydrogens is 243 g/mol. The van der Waals surface area contributed by atoms with Crippen molar-refractivity contribution in [1.82, 2.24) is 4.90 Å². The second kappa shape index (κ2) is 4.63. The molecule has 1 fully saturated rings. The maximum Gasteiger partial charge on any atom is 0.256 e. The lowest BCUT2D eigenvalue weighted by molar-refractivity contribution is 0.0782. The van der Waals surface area contributed by atoms with E-state index in [4.69, 9.17) is 17.3 Å². The molecule has 0 aliphatic carbocycles. The molecule has 0 radical (unpaired) electrons. The molecule has 1 aromatic rings. The van der Waals surface area contributed by atoms with E-state index in [1.165, 1.54) is 18.2 Å². The number of hydrogen-bond donors (Lipinski definition) is 1. The van der Waals surface area contributed by atoms with Crippen LogP contribution in [0.3, 0.4) is 0 Å². The van der Waals surface area contributed by atoms with Crippen LogP contribution >= 0.6 is 11.6 Å². The number of nitrogens with two attached hydrogens (primary N) is 1. The van der Waals surface area contributed by atoms with Crippen molar-refractivity contribution in [2.24, 2.45) is 11.7 Å². The molecule has 0 bridgehead atoms. The Bertz CT molecular complexity index is 442. The predicted octanol–water partition coefficient (Wildman–Crippen LogP) is 1.90. The first-order chi connectivity index (χ1) is 7.99. The van der Waals surface area contributed by atoms with E-state index in [-0.39, 0.29) is 23.4 Å². The first-order valence-corrected chi connectivity index (χ1v) is 5.86. The van der Waals surface area contributed by atoms with Crippen molar-refractivity contribution >= 4 is 17.5 Å². The van der Waals surface area contributed by atoms with Crippen molar-refractivity contribution in [1.29, 1.82) is 0 Å². The van der Waals surface area contributed by atoms with Crippen LogP contribution < -0.4 is 5.73 Å². The van der Waals surface area contributed by atoms with Crippen molar-refractivity contribution < 1.29 is 9.18 Å². The zero-order valence-corrected chi connectivity index (χ0v) is 10.2. The average molecular weight is 257 g/mol. The molecule has 2 atom stereocenters. The van der Waals surface area contributed by atoms with Crippen LogP contribution in [0.1, 0.15) is 17.3 Å². The first kappa shape index (κ1) is 12.3. The predicted molar refractivity (Wildman–Crippen MR) is 64.5 cm³/mol. The molecule has 0 saturated carbocycles. The van der Waals surface area contributed by atoms with E-state index < -0.39 is 5.82 Å². The highest BCUT2D eigenvalue weighted by atomic mass is 35.5. The van der Waals surface area contributed by atoms with Crippen LogP contribution in [0.2, 0.25) is 5.02 Å². The molecule has 1 amide bonds. The Labute approximate surface area is 104 Å². The number of carbonyl (C=O) groups is 1. The topological polar surface area (TPSA) is 46.3 Å².